The Morgan fingerprint density at radius 3 is 2.69 bits per heavy atom. The van der Waals surface area contributed by atoms with E-state index in [-0.39, 0.29) is 32.3 Å². The lowest BCUT2D eigenvalue weighted by Gasteiger charge is -2.30. The van der Waals surface area contributed by atoms with Gasteiger partial charge in [-0.2, -0.15) is 0 Å². The number of fused-ring (bicyclic) bond motifs is 1. The molecule has 0 fully saturated rings. The zero-order valence-electron chi connectivity index (χ0n) is 15.9. The molecule has 0 saturated carbocycles. The maximum Gasteiger partial charge on any atom is 0.315 e. The van der Waals surface area contributed by atoms with Crippen molar-refractivity contribution in [1.82, 2.24) is 5.16 Å². The zero-order chi connectivity index (χ0) is 21.2. The number of rotatable bonds is 8. The summed E-state index contributed by atoms with van der Waals surface area (Å²) in [5.41, 5.74) is 2.31. The lowest BCUT2D eigenvalue weighted by Crippen LogP contribution is -2.42. The number of aromatic nitrogens is 2. The monoisotopic (exact) mass is 484 g/mol. The van der Waals surface area contributed by atoms with Gasteiger partial charge in [0.1, 0.15) is 11.6 Å². The molecule has 0 spiro atoms. The molecule has 1 aromatic heterocycles. The third kappa shape index (κ3) is 4.60. The highest BCUT2D eigenvalue weighted by Crippen LogP contribution is 2.37. The molecule has 9 nitrogen and oxygen atoms in total. The Hall–Kier alpha value is -2.43. The Morgan fingerprint density at radius 2 is 2.03 bits per heavy atom. The molecule has 0 radical (unpaired) electrons. The van der Waals surface area contributed by atoms with Crippen molar-refractivity contribution in [2.24, 2.45) is 0 Å². The second kappa shape index (κ2) is 8.52. The number of likely N-dealkylation sites (N-methyl/N-ethyl adjacent to an activating group) is 1. The van der Waals surface area contributed by atoms with Crippen molar-refractivity contribution in [3.05, 3.63) is 61.8 Å². The minimum absolute atomic E-state index is 0.0306. The number of nitrogens with one attached hydrogen (secondary N) is 1. The molecule has 0 atom stereocenters. The summed E-state index contributed by atoms with van der Waals surface area (Å²) in [6.07, 6.45) is 0. The van der Waals surface area contributed by atoms with Gasteiger partial charge in [-0.15, -0.1) is 0 Å². The summed E-state index contributed by atoms with van der Waals surface area (Å²) < 4.78 is 5.23. The lowest BCUT2D eigenvalue weighted by molar-refractivity contribution is -0.902. The first-order valence-electron chi connectivity index (χ1n) is 8.78. The van der Waals surface area contributed by atoms with Crippen molar-refractivity contribution in [3.8, 4) is 0 Å². The van der Waals surface area contributed by atoms with Gasteiger partial charge in [-0.25, -0.2) is 0 Å². The van der Waals surface area contributed by atoms with E-state index in [1.807, 2.05) is 12.1 Å². The Balaban J connectivity index is 1.80. The molecule has 0 unspecified atom stereocenters. The summed E-state index contributed by atoms with van der Waals surface area (Å²) in [5.74, 6) is 0. The van der Waals surface area contributed by atoms with Gasteiger partial charge in [0.05, 0.1) is 32.1 Å². The van der Waals surface area contributed by atoms with Gasteiger partial charge in [0, 0.05) is 22.1 Å². The van der Waals surface area contributed by atoms with E-state index >= 15 is 0 Å². The first-order valence-corrected chi connectivity index (χ1v) is 10.3. The van der Waals surface area contributed by atoms with Gasteiger partial charge in [0.15, 0.2) is 5.69 Å². The maximum absolute atomic E-state index is 11.7. The number of benzene rings is 2. The fourth-order valence-electron chi connectivity index (χ4n) is 3.18. The van der Waals surface area contributed by atoms with Gasteiger partial charge in [0.25, 0.3) is 5.52 Å². The van der Waals surface area contributed by atoms with E-state index in [0.717, 1.165) is 11.9 Å². The van der Waals surface area contributed by atoms with Crippen LogP contribution in [0.25, 0.3) is 11.0 Å². The van der Waals surface area contributed by atoms with Crippen LogP contribution in [0.1, 0.15) is 11.1 Å². The topological polar surface area (TPSA) is 108 Å². The number of nitro groups is 1. The van der Waals surface area contributed by atoms with E-state index in [9.17, 15) is 15.3 Å². The van der Waals surface area contributed by atoms with Crippen molar-refractivity contribution in [2.75, 3.05) is 32.5 Å². The van der Waals surface area contributed by atoms with Gasteiger partial charge in [-0.05, 0) is 10.5 Å². The third-order valence-corrected chi connectivity index (χ3v) is 5.56. The fraction of sp³-hybridized carbons (Fsp3) is 0.333. The Morgan fingerprint density at radius 1 is 1.34 bits per heavy atom. The van der Waals surface area contributed by atoms with Gasteiger partial charge in [0.2, 0.25) is 5.52 Å². The molecule has 154 valence electrons. The van der Waals surface area contributed by atoms with Crippen molar-refractivity contribution in [2.45, 2.75) is 11.9 Å². The van der Waals surface area contributed by atoms with Gasteiger partial charge in [-0.3, -0.25) is 14.7 Å². The van der Waals surface area contributed by atoms with Crippen LogP contribution >= 0.6 is 27.5 Å². The molecule has 0 aliphatic heterocycles. The van der Waals surface area contributed by atoms with E-state index in [1.54, 1.807) is 0 Å². The summed E-state index contributed by atoms with van der Waals surface area (Å²) in [7, 11) is 4.16. The average Bonchev–Trinajstić information content (AvgIpc) is 3.02. The van der Waals surface area contributed by atoms with Crippen molar-refractivity contribution < 1.29 is 18.9 Å². The molecule has 3 aromatic rings. The molecule has 0 saturated heterocycles. The number of halogens is 2. The van der Waals surface area contributed by atoms with Crippen LogP contribution < -0.4 is 10.2 Å². The highest BCUT2D eigenvalue weighted by atomic mass is 79.9. The van der Waals surface area contributed by atoms with E-state index < -0.39 is 4.92 Å². The molecular formula is C18H20BrClN5O4+. The quantitative estimate of drug-likeness (QED) is 0.172. The van der Waals surface area contributed by atoms with Crippen LogP contribution in [0.5, 0.6) is 0 Å². The molecule has 0 amide bonds. The molecule has 0 bridgehead atoms. The summed E-state index contributed by atoms with van der Waals surface area (Å²) in [6.45, 7) is 1.86. The summed E-state index contributed by atoms with van der Waals surface area (Å²) in [6, 6.07) is 9.37. The molecular weight excluding hydrogens is 466 g/mol. The number of quaternary nitrogens is 1. The first kappa shape index (κ1) is 21.3. The van der Waals surface area contributed by atoms with Gasteiger partial charge < -0.3 is 15.0 Å². The van der Waals surface area contributed by atoms with Crippen molar-refractivity contribution >= 4 is 49.9 Å². The van der Waals surface area contributed by atoms with Crippen molar-refractivity contribution in [1.29, 1.82) is 0 Å². The fourth-order valence-corrected chi connectivity index (χ4v) is 4.00. The van der Waals surface area contributed by atoms with Crippen molar-refractivity contribution in [3.63, 3.8) is 0 Å². The van der Waals surface area contributed by atoms with Gasteiger partial charge in [-0.1, -0.05) is 51.8 Å². The second-order valence-electron chi connectivity index (χ2n) is 7.28. The molecule has 29 heavy (non-hydrogen) atoms. The molecule has 1 N–H and O–H groups in total. The summed E-state index contributed by atoms with van der Waals surface area (Å²) in [5, 5.41) is 30.5. The Bertz CT molecular complexity index is 1060. The van der Waals surface area contributed by atoms with Crippen LogP contribution in [0, 0.1) is 15.3 Å². The van der Waals surface area contributed by atoms with Crippen LogP contribution in [0.2, 0.25) is 5.02 Å². The van der Waals surface area contributed by atoms with Crippen LogP contribution in [0.3, 0.4) is 0 Å². The Kier molecular flexibility index (Phi) is 6.25. The molecule has 3 rings (SSSR count). The molecule has 0 aliphatic rings. The lowest BCUT2D eigenvalue weighted by atomic mass is 10.1. The SMILES string of the molecule is C[N+](C)(CCNc1c([N+](=O)[O-])c(Cl)cc2c1no[n+]2[O-])Cc1ccccc1CBr. The normalized spacial score (nSPS) is 11.7. The number of nitrogens with zero attached hydrogens (tertiary/aromatic N) is 4. The first-order chi connectivity index (χ1) is 13.7. The van der Waals surface area contributed by atoms with Crippen LogP contribution in [0.15, 0.2) is 35.0 Å². The zero-order valence-corrected chi connectivity index (χ0v) is 18.2. The second-order valence-corrected chi connectivity index (χ2v) is 8.25. The predicted molar refractivity (Wildman–Crippen MR) is 113 cm³/mol. The smallest absolute Gasteiger partial charge is 0.315 e. The third-order valence-electron chi connectivity index (χ3n) is 4.67. The standard InChI is InChI=1S/C18H20BrClN5O4/c1-25(2,11-13-6-4-3-5-12(13)10-19)8-7-21-17-16-15(24(28)29-22-16)9-14(20)18(17)23(26)27/h3-6,9,21H,7-8,10-11H2,1-2H3/q+1. The molecule has 1 heterocycles. The number of anilines is 1. The molecule has 2 aromatic carbocycles. The van der Waals surface area contributed by atoms with Crippen LogP contribution in [0.4, 0.5) is 11.4 Å². The number of alkyl halides is 1. The Labute approximate surface area is 180 Å². The number of nitro benzene ring substituents is 1. The maximum atomic E-state index is 11.7. The summed E-state index contributed by atoms with van der Waals surface area (Å²) in [4.78, 5) is 11.1. The van der Waals surface area contributed by atoms with E-state index in [2.05, 4.69) is 57.3 Å². The van der Waals surface area contributed by atoms with Crippen LogP contribution in [-0.2, 0) is 11.9 Å². The van der Waals surface area contributed by atoms with Gasteiger partial charge >= 0.3 is 5.69 Å². The highest BCUT2D eigenvalue weighted by molar-refractivity contribution is 9.08. The van der Waals surface area contributed by atoms with E-state index in [1.165, 1.54) is 17.2 Å². The molecule has 0 aliphatic carbocycles. The number of hydrogen-bond acceptors (Lipinski definition) is 6. The van der Waals surface area contributed by atoms with E-state index in [0.29, 0.717) is 17.6 Å². The predicted octanol–water partition coefficient (Wildman–Crippen LogP) is 3.61. The molecule has 11 heteroatoms. The average molecular weight is 486 g/mol. The minimum atomic E-state index is -0.597. The summed E-state index contributed by atoms with van der Waals surface area (Å²) >= 11 is 9.54. The number of hydrogen-bond donors (Lipinski definition) is 1. The largest absolute Gasteiger partial charge is 0.370 e. The van der Waals surface area contributed by atoms with Crippen LogP contribution in [-0.4, -0.2) is 41.7 Å². The highest BCUT2D eigenvalue weighted by Gasteiger charge is 2.29. The minimum Gasteiger partial charge on any atom is -0.370 e. The van der Waals surface area contributed by atoms with E-state index in [4.69, 9.17) is 11.6 Å².